The Kier molecular flexibility index (Phi) is 5.50. The van der Waals surface area contributed by atoms with Gasteiger partial charge in [0.1, 0.15) is 22.8 Å². The monoisotopic (exact) mass is 388 g/mol. The zero-order chi connectivity index (χ0) is 19.4. The second kappa shape index (κ2) is 7.83. The molecule has 8 nitrogen and oxygen atoms in total. The first-order chi connectivity index (χ1) is 13.0. The molecule has 3 rings (SSSR count). The third-order valence-corrected chi connectivity index (χ3v) is 5.46. The second-order valence-electron chi connectivity index (χ2n) is 6.41. The molecule has 0 spiro atoms. The summed E-state index contributed by atoms with van der Waals surface area (Å²) < 4.78 is 7.47. The fraction of sp³-hybridized carbons (Fsp3) is 0.389. The van der Waals surface area contributed by atoms with E-state index in [0.717, 1.165) is 12.8 Å². The molecule has 142 valence electrons. The smallest absolute Gasteiger partial charge is 0.381 e. The van der Waals surface area contributed by atoms with Gasteiger partial charge in [-0.15, -0.1) is 0 Å². The van der Waals surface area contributed by atoms with Gasteiger partial charge in [0.05, 0.1) is 5.56 Å². The third kappa shape index (κ3) is 3.55. The predicted octanol–water partition coefficient (Wildman–Crippen LogP) is 2.83. The van der Waals surface area contributed by atoms with Crippen LogP contribution in [-0.4, -0.2) is 38.6 Å². The van der Waals surface area contributed by atoms with Crippen molar-refractivity contribution < 1.29 is 14.5 Å². The van der Waals surface area contributed by atoms with Crippen molar-refractivity contribution in [2.75, 3.05) is 7.05 Å². The van der Waals surface area contributed by atoms with Crippen LogP contribution >= 0.6 is 12.2 Å². The predicted molar refractivity (Wildman–Crippen MR) is 103 cm³/mol. The molecule has 1 aromatic carbocycles. The number of likely N-dealkylation sites (N-methyl/N-ethyl adjacent to an activating group) is 1. The van der Waals surface area contributed by atoms with Gasteiger partial charge >= 0.3 is 11.8 Å². The van der Waals surface area contributed by atoms with E-state index < -0.39 is 22.5 Å². The first kappa shape index (κ1) is 19.0. The Morgan fingerprint density at radius 1 is 1.41 bits per heavy atom. The number of hydrogen-bond acceptors (Lipinski definition) is 6. The van der Waals surface area contributed by atoms with Crippen LogP contribution in [0.5, 0.6) is 0 Å². The molecule has 0 saturated heterocycles. The summed E-state index contributed by atoms with van der Waals surface area (Å²) in [5, 5.41) is 14.1. The number of carbonyl (C=O) groups excluding carboxylic acids is 1. The molecular formula is C18H20N4O4S. The molecule has 2 unspecified atom stereocenters. The molecule has 1 aromatic heterocycles. The van der Waals surface area contributed by atoms with E-state index in [1.807, 2.05) is 6.07 Å². The zero-order valence-corrected chi connectivity index (χ0v) is 15.6. The van der Waals surface area contributed by atoms with E-state index in [0.29, 0.717) is 23.4 Å². The van der Waals surface area contributed by atoms with Gasteiger partial charge in [-0.2, -0.15) is 0 Å². The molecule has 1 saturated carbocycles. The maximum absolute atomic E-state index is 12.6. The summed E-state index contributed by atoms with van der Waals surface area (Å²) in [7, 11) is 1.69. The van der Waals surface area contributed by atoms with Crippen molar-refractivity contribution in [2.45, 2.75) is 37.3 Å². The number of aromatic nitrogens is 2. The molecule has 0 aliphatic heterocycles. The van der Waals surface area contributed by atoms with Gasteiger partial charge in [0.25, 0.3) is 0 Å². The average molecular weight is 388 g/mol. The topological polar surface area (TPSA) is 99.3 Å². The summed E-state index contributed by atoms with van der Waals surface area (Å²) in [6.07, 6.45) is 5.09. The average Bonchev–Trinajstić information content (AvgIpc) is 3.19. The molecule has 1 heterocycles. The van der Waals surface area contributed by atoms with Gasteiger partial charge in [-0.3, -0.25) is 4.57 Å². The lowest BCUT2D eigenvalue weighted by Gasteiger charge is -2.43. The van der Waals surface area contributed by atoms with Gasteiger partial charge in [-0.1, -0.05) is 36.8 Å². The highest BCUT2D eigenvalue weighted by atomic mass is 32.1. The number of imidazole rings is 1. The number of esters is 1. The van der Waals surface area contributed by atoms with E-state index in [-0.39, 0.29) is 5.82 Å². The van der Waals surface area contributed by atoms with E-state index in [4.69, 9.17) is 17.0 Å². The Hall–Kier alpha value is -2.81. The van der Waals surface area contributed by atoms with Crippen LogP contribution in [0, 0.1) is 10.1 Å². The fourth-order valence-corrected chi connectivity index (χ4v) is 3.90. The normalized spacial score (nSPS) is 22.0. The number of thiocarbonyl (C=S) groups is 1. The molecular weight excluding hydrogens is 368 g/mol. The van der Waals surface area contributed by atoms with Crippen molar-refractivity contribution in [3.05, 3.63) is 58.5 Å². The van der Waals surface area contributed by atoms with E-state index >= 15 is 0 Å². The molecule has 0 bridgehead atoms. The highest BCUT2D eigenvalue weighted by Gasteiger charge is 2.49. The molecule has 0 radical (unpaired) electrons. The molecule has 2 aromatic rings. The number of carbonyl (C=O) groups is 1. The van der Waals surface area contributed by atoms with Crippen molar-refractivity contribution >= 4 is 29.0 Å². The molecule has 1 aliphatic carbocycles. The van der Waals surface area contributed by atoms with Crippen LogP contribution in [0.25, 0.3) is 0 Å². The first-order valence-electron chi connectivity index (χ1n) is 8.66. The van der Waals surface area contributed by atoms with Crippen LogP contribution in [0.4, 0.5) is 5.82 Å². The minimum absolute atomic E-state index is 0.271. The van der Waals surface area contributed by atoms with Gasteiger partial charge in [-0.05, 0) is 41.3 Å². The van der Waals surface area contributed by atoms with Crippen LogP contribution < -0.4 is 5.32 Å². The summed E-state index contributed by atoms with van der Waals surface area (Å²) in [6, 6.07) is 8.73. The summed E-state index contributed by atoms with van der Waals surface area (Å²) in [6.45, 7) is 0. The van der Waals surface area contributed by atoms with Crippen molar-refractivity contribution in [1.29, 1.82) is 0 Å². The van der Waals surface area contributed by atoms with Crippen LogP contribution in [0.2, 0.25) is 0 Å². The largest absolute Gasteiger partial charge is 0.456 e. The van der Waals surface area contributed by atoms with Crippen molar-refractivity contribution in [2.24, 2.45) is 0 Å². The Labute approximate surface area is 161 Å². The maximum Gasteiger partial charge on any atom is 0.381 e. The number of ether oxygens (including phenoxy) is 1. The number of nitrogens with zero attached hydrogens (tertiary/aromatic N) is 3. The number of benzene rings is 1. The Balaban J connectivity index is 1.99. The summed E-state index contributed by atoms with van der Waals surface area (Å²) in [4.78, 5) is 27.5. The van der Waals surface area contributed by atoms with E-state index in [2.05, 4.69) is 10.3 Å². The third-order valence-electron chi connectivity index (χ3n) is 4.90. The second-order valence-corrected chi connectivity index (χ2v) is 6.81. The van der Waals surface area contributed by atoms with Gasteiger partial charge in [0.15, 0.2) is 0 Å². The van der Waals surface area contributed by atoms with Crippen LogP contribution in [0.1, 0.15) is 36.0 Å². The van der Waals surface area contributed by atoms with Gasteiger partial charge in [0.2, 0.25) is 6.33 Å². The highest BCUT2D eigenvalue weighted by Crippen LogP contribution is 2.39. The highest BCUT2D eigenvalue weighted by molar-refractivity contribution is 7.80. The fourth-order valence-electron chi connectivity index (χ4n) is 3.57. The zero-order valence-electron chi connectivity index (χ0n) is 14.8. The molecule has 9 heteroatoms. The maximum atomic E-state index is 12.6. The SMILES string of the molecule is CNC(=S)C1(n2cnc([N+](=O)[O-])c2)CCCCC1OC(=O)c1ccccc1. The summed E-state index contributed by atoms with van der Waals surface area (Å²) >= 11 is 5.57. The van der Waals surface area contributed by atoms with Crippen LogP contribution in [-0.2, 0) is 10.3 Å². The van der Waals surface area contributed by atoms with Crippen LogP contribution in [0.15, 0.2) is 42.9 Å². The van der Waals surface area contributed by atoms with Gasteiger partial charge in [-0.25, -0.2) is 4.79 Å². The van der Waals surface area contributed by atoms with Gasteiger partial charge in [0, 0.05) is 7.05 Å². The summed E-state index contributed by atoms with van der Waals surface area (Å²) in [5.41, 5.74) is -0.461. The minimum atomic E-state index is -0.909. The molecule has 2 atom stereocenters. The quantitative estimate of drug-likeness (QED) is 0.364. The van der Waals surface area contributed by atoms with E-state index in [9.17, 15) is 14.9 Å². The van der Waals surface area contributed by atoms with Crippen molar-refractivity contribution in [1.82, 2.24) is 14.9 Å². The summed E-state index contributed by atoms with van der Waals surface area (Å²) in [5.74, 6) is -0.715. The molecule has 0 amide bonds. The number of hydrogen-bond donors (Lipinski definition) is 1. The lowest BCUT2D eigenvalue weighted by molar-refractivity contribution is -0.389. The van der Waals surface area contributed by atoms with Crippen molar-refractivity contribution in [3.63, 3.8) is 0 Å². The van der Waals surface area contributed by atoms with E-state index in [1.54, 1.807) is 35.9 Å². The molecule has 1 N–H and O–H groups in total. The molecule has 1 aliphatic rings. The van der Waals surface area contributed by atoms with Crippen molar-refractivity contribution in [3.8, 4) is 0 Å². The number of nitro groups is 1. The van der Waals surface area contributed by atoms with E-state index in [1.165, 1.54) is 12.5 Å². The first-order valence-corrected chi connectivity index (χ1v) is 9.07. The standard InChI is InChI=1S/C18H20N4O4S/c1-19-17(27)18(21-11-15(20-12-21)22(24)25)10-6-5-9-14(18)26-16(23)13-7-3-2-4-8-13/h2-4,7-8,11-12,14H,5-6,9-10H2,1H3,(H,19,27). The number of rotatable bonds is 5. The Bertz CT molecular complexity index is 854. The minimum Gasteiger partial charge on any atom is -0.456 e. The lowest BCUT2D eigenvalue weighted by Crippen LogP contribution is -2.57. The molecule has 27 heavy (non-hydrogen) atoms. The van der Waals surface area contributed by atoms with Crippen LogP contribution in [0.3, 0.4) is 0 Å². The van der Waals surface area contributed by atoms with Gasteiger partial charge < -0.3 is 20.2 Å². The Morgan fingerprint density at radius 2 is 2.15 bits per heavy atom. The molecule has 1 fully saturated rings. The Morgan fingerprint density at radius 3 is 2.78 bits per heavy atom. The lowest BCUT2D eigenvalue weighted by atomic mass is 9.78. The number of nitrogens with one attached hydrogen (secondary N) is 1.